The summed E-state index contributed by atoms with van der Waals surface area (Å²) in [5.74, 6) is -0.868. The van der Waals surface area contributed by atoms with Crippen LogP contribution >= 0.6 is 0 Å². The maximum absolute atomic E-state index is 10.6. The van der Waals surface area contributed by atoms with Gasteiger partial charge in [0.15, 0.2) is 12.0 Å². The maximum Gasteiger partial charge on any atom is 0.346 e. The van der Waals surface area contributed by atoms with Gasteiger partial charge in [0.25, 0.3) is 0 Å². The Hall–Kier alpha value is -2.00. The van der Waals surface area contributed by atoms with Crippen LogP contribution < -0.4 is 5.32 Å². The monoisotopic (exact) mass is 244 g/mol. The van der Waals surface area contributed by atoms with Crippen LogP contribution in [-0.2, 0) is 4.79 Å². The molecule has 1 rings (SSSR count). The number of carbonyl (C=O) groups excluding carboxylic acids is 1. The van der Waals surface area contributed by atoms with E-state index in [1.165, 1.54) is 6.92 Å². The van der Waals surface area contributed by atoms with Crippen LogP contribution in [0.3, 0.4) is 0 Å². The van der Waals surface area contributed by atoms with Crippen molar-refractivity contribution in [2.45, 2.75) is 19.1 Å². The third-order valence-corrected chi connectivity index (χ3v) is 2.03. The van der Waals surface area contributed by atoms with Crippen LogP contribution in [0.5, 0.6) is 0 Å². The highest BCUT2D eigenvalue weighted by Gasteiger charge is 2.28. The molecule has 0 aromatic carbocycles. The lowest BCUT2D eigenvalue weighted by Gasteiger charge is -2.15. The van der Waals surface area contributed by atoms with Crippen molar-refractivity contribution in [3.05, 3.63) is 22.1 Å². The molecule has 4 N–H and O–H groups in total. The highest BCUT2D eigenvalue weighted by atomic mass is 16.6. The molecule has 0 aliphatic rings. The number of hydrogen-bond acceptors (Lipinski definition) is 6. The first-order chi connectivity index (χ1) is 7.93. The van der Waals surface area contributed by atoms with E-state index in [0.717, 1.165) is 6.33 Å². The molecule has 0 saturated heterocycles. The molecule has 17 heavy (non-hydrogen) atoms. The first-order valence-electron chi connectivity index (χ1n) is 4.71. The lowest BCUT2D eigenvalue weighted by Crippen LogP contribution is -2.34. The van der Waals surface area contributed by atoms with E-state index >= 15 is 0 Å². The number of carbonyl (C=O) groups is 1. The van der Waals surface area contributed by atoms with E-state index in [1.54, 1.807) is 0 Å². The summed E-state index contributed by atoms with van der Waals surface area (Å²) in [6, 6.07) is 0. The van der Waals surface area contributed by atoms with Gasteiger partial charge in [-0.2, -0.15) is 0 Å². The fourth-order valence-corrected chi connectivity index (χ4v) is 1.20. The van der Waals surface area contributed by atoms with Gasteiger partial charge in [-0.1, -0.05) is 0 Å². The summed E-state index contributed by atoms with van der Waals surface area (Å²) in [6.07, 6.45) is -1.88. The highest BCUT2D eigenvalue weighted by Crippen LogP contribution is 2.22. The molecule has 2 atom stereocenters. The average molecular weight is 244 g/mol. The third kappa shape index (κ3) is 3.23. The molecule has 1 aromatic rings. The van der Waals surface area contributed by atoms with E-state index in [0.29, 0.717) is 0 Å². The van der Waals surface area contributed by atoms with E-state index in [9.17, 15) is 25.1 Å². The Balaban J connectivity index is 2.74. The summed E-state index contributed by atoms with van der Waals surface area (Å²) < 4.78 is 0. The second-order valence-corrected chi connectivity index (χ2v) is 3.34. The van der Waals surface area contributed by atoms with Crippen LogP contribution in [0.2, 0.25) is 0 Å². The average Bonchev–Trinajstić information content (AvgIpc) is 2.73. The zero-order chi connectivity index (χ0) is 13.0. The predicted octanol–water partition coefficient (Wildman–Crippen LogP) is -1.15. The van der Waals surface area contributed by atoms with E-state index in [4.69, 9.17) is 0 Å². The molecule has 0 radical (unpaired) electrons. The van der Waals surface area contributed by atoms with Gasteiger partial charge in [0.1, 0.15) is 12.2 Å². The molecule has 0 saturated carbocycles. The van der Waals surface area contributed by atoms with Gasteiger partial charge in [-0.3, -0.25) is 4.79 Å². The van der Waals surface area contributed by atoms with Crippen molar-refractivity contribution in [2.24, 2.45) is 0 Å². The zero-order valence-electron chi connectivity index (χ0n) is 8.95. The van der Waals surface area contributed by atoms with Crippen LogP contribution in [0.4, 0.5) is 5.82 Å². The number of aromatic nitrogens is 2. The number of H-pyrrole nitrogens is 1. The normalized spacial score (nSPS) is 14.1. The summed E-state index contributed by atoms with van der Waals surface area (Å²) >= 11 is 0. The van der Waals surface area contributed by atoms with Crippen molar-refractivity contribution in [1.29, 1.82) is 0 Å². The minimum atomic E-state index is -1.55. The first-order valence-corrected chi connectivity index (χ1v) is 4.71. The largest absolute Gasteiger partial charge is 0.388 e. The third-order valence-electron chi connectivity index (χ3n) is 2.03. The molecule has 0 bridgehead atoms. The van der Waals surface area contributed by atoms with E-state index in [-0.39, 0.29) is 18.1 Å². The molecule has 1 amide bonds. The SMILES string of the molecule is CC(=O)NCC(O)C(O)c1nc[nH]c1[N+](=O)[O-]. The number of amides is 1. The van der Waals surface area contributed by atoms with Crippen LogP contribution in [0, 0.1) is 10.1 Å². The van der Waals surface area contributed by atoms with Gasteiger partial charge < -0.3 is 25.6 Å². The lowest BCUT2D eigenvalue weighted by atomic mass is 10.1. The molecule has 94 valence electrons. The Bertz CT molecular complexity index is 418. The second-order valence-electron chi connectivity index (χ2n) is 3.34. The quantitative estimate of drug-likeness (QED) is 0.380. The van der Waals surface area contributed by atoms with Crippen LogP contribution in [0.25, 0.3) is 0 Å². The van der Waals surface area contributed by atoms with Gasteiger partial charge >= 0.3 is 5.82 Å². The highest BCUT2D eigenvalue weighted by molar-refractivity contribution is 5.72. The number of aliphatic hydroxyl groups excluding tert-OH is 2. The van der Waals surface area contributed by atoms with Gasteiger partial charge in [0.2, 0.25) is 5.91 Å². The van der Waals surface area contributed by atoms with Crippen molar-refractivity contribution in [1.82, 2.24) is 15.3 Å². The molecular formula is C8H12N4O5. The van der Waals surface area contributed by atoms with Crippen LogP contribution in [0.1, 0.15) is 18.7 Å². The summed E-state index contributed by atoms with van der Waals surface area (Å²) in [5, 5.41) is 32.0. The molecule has 0 aliphatic carbocycles. The number of nitro groups is 1. The van der Waals surface area contributed by atoms with Crippen LogP contribution in [0.15, 0.2) is 6.33 Å². The predicted molar refractivity (Wildman–Crippen MR) is 54.9 cm³/mol. The molecule has 0 fully saturated rings. The Labute approximate surface area is 95.6 Å². The number of aliphatic hydroxyl groups is 2. The standard InChI is InChI=1S/C8H12N4O5/c1-4(13)9-2-5(14)7(15)6-8(12(16)17)11-3-10-6/h3,5,7,14-15H,2H2,1H3,(H,9,13)(H,10,11). The topological polar surface area (TPSA) is 141 Å². The molecule has 9 heteroatoms. The minimum Gasteiger partial charge on any atom is -0.388 e. The van der Waals surface area contributed by atoms with Crippen molar-refractivity contribution in [3.8, 4) is 0 Å². The molecular weight excluding hydrogens is 232 g/mol. The molecule has 0 aliphatic heterocycles. The van der Waals surface area contributed by atoms with Crippen LogP contribution in [-0.4, -0.2) is 43.7 Å². The van der Waals surface area contributed by atoms with E-state index in [1.807, 2.05) is 0 Å². The minimum absolute atomic E-state index is 0.222. The number of nitrogens with zero attached hydrogens (tertiary/aromatic N) is 2. The molecule has 0 spiro atoms. The fraction of sp³-hybridized carbons (Fsp3) is 0.500. The van der Waals surface area contributed by atoms with Crippen molar-refractivity contribution >= 4 is 11.7 Å². The molecule has 1 heterocycles. The Morgan fingerprint density at radius 1 is 1.71 bits per heavy atom. The first kappa shape index (κ1) is 13.1. The van der Waals surface area contributed by atoms with Crippen molar-refractivity contribution < 1.29 is 19.9 Å². The van der Waals surface area contributed by atoms with Gasteiger partial charge in [0.05, 0.1) is 0 Å². The zero-order valence-corrected chi connectivity index (χ0v) is 8.95. The summed E-state index contributed by atoms with van der Waals surface area (Å²) in [4.78, 5) is 26.2. The number of imidazole rings is 1. The lowest BCUT2D eigenvalue weighted by molar-refractivity contribution is -0.390. The number of hydrogen-bond donors (Lipinski definition) is 4. The molecule has 1 aromatic heterocycles. The second kappa shape index (κ2) is 5.37. The van der Waals surface area contributed by atoms with Gasteiger partial charge in [-0.15, -0.1) is 0 Å². The fourth-order valence-electron chi connectivity index (χ4n) is 1.20. The number of rotatable bonds is 5. The van der Waals surface area contributed by atoms with Crippen molar-refractivity contribution in [2.75, 3.05) is 6.54 Å². The Morgan fingerprint density at radius 2 is 2.35 bits per heavy atom. The number of nitrogens with one attached hydrogen (secondary N) is 2. The van der Waals surface area contributed by atoms with Gasteiger partial charge in [-0.25, -0.2) is 9.97 Å². The van der Waals surface area contributed by atoms with Gasteiger partial charge in [0, 0.05) is 13.5 Å². The number of aromatic amines is 1. The van der Waals surface area contributed by atoms with Crippen molar-refractivity contribution in [3.63, 3.8) is 0 Å². The van der Waals surface area contributed by atoms with E-state index < -0.39 is 22.9 Å². The summed E-state index contributed by atoms with van der Waals surface area (Å²) in [5.41, 5.74) is -0.271. The van der Waals surface area contributed by atoms with Gasteiger partial charge in [-0.05, 0) is 4.92 Å². The summed E-state index contributed by atoms with van der Waals surface area (Å²) in [6.45, 7) is 1.02. The molecule has 2 unspecified atom stereocenters. The maximum atomic E-state index is 10.6. The van der Waals surface area contributed by atoms with E-state index in [2.05, 4.69) is 15.3 Å². The Morgan fingerprint density at radius 3 is 2.88 bits per heavy atom. The Kier molecular flexibility index (Phi) is 4.12. The molecule has 9 nitrogen and oxygen atoms in total. The smallest absolute Gasteiger partial charge is 0.346 e. The summed E-state index contributed by atoms with van der Waals surface area (Å²) in [7, 11) is 0.